The Kier molecular flexibility index (Phi) is 3.77. The van der Waals surface area contributed by atoms with Crippen LogP contribution in [-0.4, -0.2) is 21.6 Å². The molecule has 4 aromatic rings. The van der Waals surface area contributed by atoms with E-state index in [0.717, 1.165) is 26.7 Å². The van der Waals surface area contributed by atoms with Crippen molar-refractivity contribution in [2.75, 3.05) is 12.8 Å². The fraction of sp³-hybridized carbons (Fsp3) is 0.111. The first-order valence-electron chi connectivity index (χ1n) is 7.63. The molecular formula is C18H16N4O2S. The molecule has 1 aromatic carbocycles. The Bertz CT molecular complexity index is 1050. The maximum absolute atomic E-state index is 6.09. The predicted octanol–water partition coefficient (Wildman–Crippen LogP) is 4.08. The van der Waals surface area contributed by atoms with Crippen molar-refractivity contribution >= 4 is 27.2 Å². The largest absolute Gasteiger partial charge is 0.493 e. The van der Waals surface area contributed by atoms with Crippen LogP contribution in [0.3, 0.4) is 0 Å². The number of imidazole rings is 1. The van der Waals surface area contributed by atoms with Gasteiger partial charge < -0.3 is 19.8 Å². The highest BCUT2D eigenvalue weighted by Crippen LogP contribution is 2.40. The van der Waals surface area contributed by atoms with Gasteiger partial charge in [0.05, 0.1) is 22.2 Å². The van der Waals surface area contributed by atoms with Crippen LogP contribution in [0.5, 0.6) is 17.2 Å². The number of methoxy groups -OCH3 is 1. The lowest BCUT2D eigenvalue weighted by molar-refractivity contribution is 0.380. The number of nitrogens with zero attached hydrogens (tertiary/aromatic N) is 3. The van der Waals surface area contributed by atoms with Crippen LogP contribution in [0.25, 0.3) is 20.9 Å². The van der Waals surface area contributed by atoms with Crippen LogP contribution in [-0.2, 0) is 7.05 Å². The fourth-order valence-corrected chi connectivity index (χ4v) is 3.70. The first kappa shape index (κ1) is 15.5. The molecular weight excluding hydrogens is 336 g/mol. The molecule has 4 rings (SSSR count). The van der Waals surface area contributed by atoms with Crippen molar-refractivity contribution in [3.63, 3.8) is 0 Å². The normalized spacial score (nSPS) is 11.0. The van der Waals surface area contributed by atoms with E-state index in [-0.39, 0.29) is 0 Å². The summed E-state index contributed by atoms with van der Waals surface area (Å²) in [6.07, 6.45) is 5.43. The average Bonchev–Trinajstić information content (AvgIpc) is 3.22. The summed E-state index contributed by atoms with van der Waals surface area (Å²) in [5.41, 5.74) is 7.30. The maximum atomic E-state index is 6.09. The Morgan fingerprint density at radius 2 is 1.92 bits per heavy atom. The van der Waals surface area contributed by atoms with E-state index in [1.807, 2.05) is 29.9 Å². The lowest BCUT2D eigenvalue weighted by Crippen LogP contribution is -1.93. The molecule has 0 radical (unpaired) electrons. The monoisotopic (exact) mass is 352 g/mol. The van der Waals surface area contributed by atoms with Gasteiger partial charge in [-0.3, -0.25) is 4.98 Å². The van der Waals surface area contributed by atoms with Gasteiger partial charge in [0.15, 0.2) is 11.5 Å². The van der Waals surface area contributed by atoms with Gasteiger partial charge in [0, 0.05) is 43.5 Å². The molecule has 3 aromatic heterocycles. The zero-order valence-electron chi connectivity index (χ0n) is 13.8. The Morgan fingerprint density at radius 1 is 1.04 bits per heavy atom. The van der Waals surface area contributed by atoms with Gasteiger partial charge in [0.25, 0.3) is 0 Å². The Hall–Kier alpha value is -3.06. The highest BCUT2D eigenvalue weighted by Gasteiger charge is 2.14. The van der Waals surface area contributed by atoms with Crippen molar-refractivity contribution in [3.8, 4) is 28.0 Å². The molecule has 0 aliphatic rings. The molecule has 0 aliphatic carbocycles. The van der Waals surface area contributed by atoms with E-state index in [9.17, 15) is 0 Å². The van der Waals surface area contributed by atoms with E-state index < -0.39 is 0 Å². The molecule has 25 heavy (non-hydrogen) atoms. The summed E-state index contributed by atoms with van der Waals surface area (Å²) in [7, 11) is 3.56. The van der Waals surface area contributed by atoms with Gasteiger partial charge in [0.2, 0.25) is 0 Å². The predicted molar refractivity (Wildman–Crippen MR) is 99.3 cm³/mol. The quantitative estimate of drug-likeness (QED) is 0.560. The van der Waals surface area contributed by atoms with Crippen LogP contribution in [0, 0.1) is 0 Å². The summed E-state index contributed by atoms with van der Waals surface area (Å²) < 4.78 is 14.4. The minimum atomic E-state index is 0.589. The summed E-state index contributed by atoms with van der Waals surface area (Å²) in [4.78, 5) is 9.88. The lowest BCUT2D eigenvalue weighted by atomic mass is 10.3. The number of nitrogens with two attached hydrogens (primary N) is 1. The number of nitrogen functional groups attached to an aromatic ring is 1. The molecule has 0 saturated carbocycles. The number of ether oxygens (including phenoxy) is 2. The molecule has 0 fully saturated rings. The summed E-state index contributed by atoms with van der Waals surface area (Å²) >= 11 is 1.60. The van der Waals surface area contributed by atoms with Crippen LogP contribution in [0.2, 0.25) is 0 Å². The van der Waals surface area contributed by atoms with Crippen molar-refractivity contribution in [1.29, 1.82) is 0 Å². The van der Waals surface area contributed by atoms with Crippen LogP contribution in [0.15, 0.2) is 48.9 Å². The molecule has 0 bridgehead atoms. The number of aryl methyl sites for hydroxylation is 1. The number of rotatable bonds is 4. The first-order valence-corrected chi connectivity index (χ1v) is 8.45. The maximum Gasteiger partial charge on any atom is 0.169 e. The van der Waals surface area contributed by atoms with E-state index >= 15 is 0 Å². The summed E-state index contributed by atoms with van der Waals surface area (Å²) in [6, 6.07) is 9.19. The van der Waals surface area contributed by atoms with E-state index in [2.05, 4.69) is 9.97 Å². The average molecular weight is 352 g/mol. The van der Waals surface area contributed by atoms with E-state index in [0.29, 0.717) is 17.2 Å². The molecule has 0 atom stereocenters. The molecule has 7 heteroatoms. The summed E-state index contributed by atoms with van der Waals surface area (Å²) in [6.45, 7) is 0. The topological polar surface area (TPSA) is 75.2 Å². The van der Waals surface area contributed by atoms with Crippen molar-refractivity contribution < 1.29 is 9.47 Å². The Labute approximate surface area is 148 Å². The van der Waals surface area contributed by atoms with E-state index in [1.165, 1.54) is 0 Å². The Morgan fingerprint density at radius 3 is 2.68 bits per heavy atom. The summed E-state index contributed by atoms with van der Waals surface area (Å²) in [5.74, 6) is 2.82. The molecule has 3 heterocycles. The standard InChI is InChI=1S/C18H16N4O2S/c1-22-8-7-21-18(22)16-10-12-17(25-16)14(5-6-20-12)24-13-4-3-11(19)9-15(13)23-2/h3-10H,19H2,1-2H3. The second-order valence-electron chi connectivity index (χ2n) is 5.51. The number of hydrogen-bond acceptors (Lipinski definition) is 6. The van der Waals surface area contributed by atoms with Gasteiger partial charge in [-0.1, -0.05) is 0 Å². The van der Waals surface area contributed by atoms with Crippen molar-refractivity contribution in [1.82, 2.24) is 14.5 Å². The van der Waals surface area contributed by atoms with Gasteiger partial charge in [-0.25, -0.2) is 4.98 Å². The minimum Gasteiger partial charge on any atom is -0.493 e. The SMILES string of the molecule is COc1cc(N)ccc1Oc1ccnc2cc(-c3nccn3C)sc12. The molecule has 0 aliphatic heterocycles. The zero-order chi connectivity index (χ0) is 17.4. The fourth-order valence-electron chi connectivity index (χ4n) is 2.60. The minimum absolute atomic E-state index is 0.589. The van der Waals surface area contributed by atoms with Crippen LogP contribution in [0.4, 0.5) is 5.69 Å². The number of pyridine rings is 1. The second-order valence-corrected chi connectivity index (χ2v) is 6.56. The molecule has 0 saturated heterocycles. The third-order valence-corrected chi connectivity index (χ3v) is 4.96. The highest BCUT2D eigenvalue weighted by atomic mass is 32.1. The molecule has 0 spiro atoms. The van der Waals surface area contributed by atoms with Crippen LogP contribution >= 0.6 is 11.3 Å². The van der Waals surface area contributed by atoms with Crippen LogP contribution in [0.1, 0.15) is 0 Å². The number of aromatic nitrogens is 3. The van der Waals surface area contributed by atoms with Gasteiger partial charge >= 0.3 is 0 Å². The van der Waals surface area contributed by atoms with Gasteiger partial charge in [-0.15, -0.1) is 11.3 Å². The number of hydrogen-bond donors (Lipinski definition) is 1. The third-order valence-electron chi connectivity index (χ3n) is 3.82. The summed E-state index contributed by atoms with van der Waals surface area (Å²) in [5, 5.41) is 0. The van der Waals surface area contributed by atoms with Gasteiger partial charge in [-0.2, -0.15) is 0 Å². The van der Waals surface area contributed by atoms with Gasteiger partial charge in [0.1, 0.15) is 11.6 Å². The molecule has 0 amide bonds. The van der Waals surface area contributed by atoms with Crippen molar-refractivity contribution in [2.45, 2.75) is 0 Å². The lowest BCUT2D eigenvalue weighted by Gasteiger charge is -2.11. The Balaban J connectivity index is 1.78. The van der Waals surface area contributed by atoms with E-state index in [4.69, 9.17) is 15.2 Å². The number of fused-ring (bicyclic) bond motifs is 1. The number of benzene rings is 1. The molecule has 126 valence electrons. The zero-order valence-corrected chi connectivity index (χ0v) is 14.6. The molecule has 0 unspecified atom stereocenters. The first-order chi connectivity index (χ1) is 12.2. The van der Waals surface area contributed by atoms with E-state index in [1.54, 1.807) is 49.0 Å². The number of anilines is 1. The van der Waals surface area contributed by atoms with Crippen molar-refractivity contribution in [2.24, 2.45) is 7.05 Å². The molecule has 6 nitrogen and oxygen atoms in total. The smallest absolute Gasteiger partial charge is 0.169 e. The third kappa shape index (κ3) is 2.78. The second kappa shape index (κ2) is 6.10. The number of thiophene rings is 1. The molecule has 2 N–H and O–H groups in total. The van der Waals surface area contributed by atoms with Gasteiger partial charge in [-0.05, 0) is 18.2 Å². The van der Waals surface area contributed by atoms with Crippen molar-refractivity contribution in [3.05, 3.63) is 48.9 Å². The highest BCUT2D eigenvalue weighted by molar-refractivity contribution is 7.22. The van der Waals surface area contributed by atoms with Crippen LogP contribution < -0.4 is 15.2 Å².